The van der Waals surface area contributed by atoms with Crippen LogP contribution in [0.3, 0.4) is 0 Å². The fourth-order valence-electron chi connectivity index (χ4n) is 1.49. The van der Waals surface area contributed by atoms with Gasteiger partial charge in [0.15, 0.2) is 5.71 Å². The zero-order valence-electron chi connectivity index (χ0n) is 10.1. The summed E-state index contributed by atoms with van der Waals surface area (Å²) in [5, 5.41) is 3.82. The Labute approximate surface area is 99.8 Å². The number of rotatable bonds is 2. The first-order chi connectivity index (χ1) is 8.08. The number of carbonyl (C=O) groups is 1. The van der Waals surface area contributed by atoms with E-state index in [2.05, 4.69) is 15.5 Å². The lowest BCUT2D eigenvalue weighted by Crippen LogP contribution is -2.21. The summed E-state index contributed by atoms with van der Waals surface area (Å²) in [5.41, 5.74) is 5.21. The van der Waals surface area contributed by atoms with Crippen LogP contribution in [0.5, 0.6) is 0 Å². The van der Waals surface area contributed by atoms with Crippen molar-refractivity contribution >= 4 is 28.7 Å². The van der Waals surface area contributed by atoms with Crippen molar-refractivity contribution in [2.75, 3.05) is 19.0 Å². The number of hydrazone groups is 1. The van der Waals surface area contributed by atoms with E-state index in [1.54, 1.807) is 6.92 Å². The summed E-state index contributed by atoms with van der Waals surface area (Å²) < 4.78 is 0. The van der Waals surface area contributed by atoms with Gasteiger partial charge in [0.2, 0.25) is 0 Å². The minimum Gasteiger partial charge on any atom is -0.378 e. The summed E-state index contributed by atoms with van der Waals surface area (Å²) in [4.78, 5) is 17.7. The van der Waals surface area contributed by atoms with Crippen LogP contribution in [0.4, 0.5) is 11.4 Å². The summed E-state index contributed by atoms with van der Waals surface area (Å²) >= 11 is 0. The second-order valence-electron chi connectivity index (χ2n) is 4.01. The van der Waals surface area contributed by atoms with Gasteiger partial charge >= 0.3 is 0 Å². The van der Waals surface area contributed by atoms with E-state index < -0.39 is 0 Å². The van der Waals surface area contributed by atoms with Crippen LogP contribution in [0.2, 0.25) is 0 Å². The monoisotopic (exact) mass is 230 g/mol. The quantitative estimate of drug-likeness (QED) is 0.833. The lowest BCUT2D eigenvalue weighted by Gasteiger charge is -2.11. The smallest absolute Gasteiger partial charge is 0.291 e. The Balaban J connectivity index is 2.27. The van der Waals surface area contributed by atoms with Crippen molar-refractivity contribution < 1.29 is 4.79 Å². The van der Waals surface area contributed by atoms with E-state index in [-0.39, 0.29) is 5.91 Å². The third-order valence-electron chi connectivity index (χ3n) is 2.49. The lowest BCUT2D eigenvalue weighted by atomic mass is 10.2. The largest absolute Gasteiger partial charge is 0.378 e. The Morgan fingerprint density at radius 1 is 1.24 bits per heavy atom. The van der Waals surface area contributed by atoms with Crippen LogP contribution >= 0.6 is 0 Å². The van der Waals surface area contributed by atoms with E-state index >= 15 is 0 Å². The lowest BCUT2D eigenvalue weighted by molar-refractivity contribution is -0.114. The van der Waals surface area contributed by atoms with E-state index in [0.717, 1.165) is 11.4 Å². The predicted octanol–water partition coefficient (Wildman–Crippen LogP) is 1.33. The molecular formula is C12H14N4O. The molecular weight excluding hydrogens is 216 g/mol. The topological polar surface area (TPSA) is 57.1 Å². The van der Waals surface area contributed by atoms with Crippen LogP contribution in [0.15, 0.2) is 34.4 Å². The number of nitrogens with zero attached hydrogens (tertiary/aromatic N) is 3. The van der Waals surface area contributed by atoms with Gasteiger partial charge in [0.05, 0.1) is 11.4 Å². The van der Waals surface area contributed by atoms with Crippen molar-refractivity contribution in [1.29, 1.82) is 0 Å². The molecule has 1 aromatic carbocycles. The molecule has 0 saturated heterocycles. The summed E-state index contributed by atoms with van der Waals surface area (Å²) in [6.45, 7) is 1.75. The van der Waals surface area contributed by atoms with Crippen molar-refractivity contribution in [2.45, 2.75) is 6.92 Å². The first kappa shape index (κ1) is 11.3. The second kappa shape index (κ2) is 4.37. The summed E-state index contributed by atoms with van der Waals surface area (Å²) in [7, 11) is 3.95. The van der Waals surface area contributed by atoms with Gasteiger partial charge in [-0.2, -0.15) is 5.10 Å². The van der Waals surface area contributed by atoms with Gasteiger partial charge in [0, 0.05) is 19.8 Å². The normalized spacial score (nSPS) is 17.0. The Kier molecular flexibility index (Phi) is 2.91. The van der Waals surface area contributed by atoms with E-state index in [4.69, 9.17) is 0 Å². The number of carbonyl (C=O) groups excluding carboxylic acids is 1. The van der Waals surface area contributed by atoms with Crippen molar-refractivity contribution in [2.24, 2.45) is 10.1 Å². The maximum absolute atomic E-state index is 11.4. The zero-order valence-corrected chi connectivity index (χ0v) is 10.1. The van der Waals surface area contributed by atoms with Gasteiger partial charge in [-0.05, 0) is 31.2 Å². The van der Waals surface area contributed by atoms with Gasteiger partial charge in [-0.1, -0.05) is 0 Å². The molecule has 5 heteroatoms. The molecule has 0 unspecified atom stereocenters. The number of amides is 1. The minimum atomic E-state index is -0.251. The molecule has 88 valence electrons. The molecule has 2 rings (SSSR count). The number of aliphatic imine (C=N–C) groups is 1. The van der Waals surface area contributed by atoms with Crippen LogP contribution < -0.4 is 10.3 Å². The molecule has 0 atom stereocenters. The van der Waals surface area contributed by atoms with Gasteiger partial charge in [-0.3, -0.25) is 4.79 Å². The fraction of sp³-hybridized carbons (Fsp3) is 0.250. The maximum Gasteiger partial charge on any atom is 0.291 e. The van der Waals surface area contributed by atoms with E-state index in [1.807, 2.05) is 43.3 Å². The van der Waals surface area contributed by atoms with E-state index in [9.17, 15) is 4.79 Å². The molecule has 1 heterocycles. The Hall–Kier alpha value is -2.17. The molecule has 0 aliphatic carbocycles. The molecule has 1 aromatic rings. The Bertz CT molecular complexity index is 500. The Morgan fingerprint density at radius 3 is 2.35 bits per heavy atom. The van der Waals surface area contributed by atoms with Gasteiger partial charge < -0.3 is 4.90 Å². The summed E-state index contributed by atoms with van der Waals surface area (Å²) in [6, 6.07) is 7.67. The van der Waals surface area contributed by atoms with Crippen LogP contribution in [0.25, 0.3) is 0 Å². The highest BCUT2D eigenvalue weighted by Gasteiger charge is 2.20. The van der Waals surface area contributed by atoms with Crippen LogP contribution in [0, 0.1) is 0 Å². The van der Waals surface area contributed by atoms with Crippen LogP contribution in [-0.2, 0) is 4.79 Å². The third kappa shape index (κ3) is 2.33. The molecule has 0 spiro atoms. The number of anilines is 1. The van der Waals surface area contributed by atoms with Crippen molar-refractivity contribution in [3.8, 4) is 0 Å². The molecule has 1 aliphatic heterocycles. The maximum atomic E-state index is 11.4. The number of hydrogen-bond acceptors (Lipinski definition) is 4. The molecule has 1 amide bonds. The molecule has 0 radical (unpaired) electrons. The van der Waals surface area contributed by atoms with E-state index in [0.29, 0.717) is 11.4 Å². The van der Waals surface area contributed by atoms with Crippen LogP contribution in [0.1, 0.15) is 6.92 Å². The average Bonchev–Trinajstić information content (AvgIpc) is 2.61. The van der Waals surface area contributed by atoms with Gasteiger partial charge in [0.1, 0.15) is 0 Å². The summed E-state index contributed by atoms with van der Waals surface area (Å²) in [6.07, 6.45) is 0. The number of nitrogens with one attached hydrogen (secondary N) is 1. The van der Waals surface area contributed by atoms with Gasteiger partial charge in [0.25, 0.3) is 5.91 Å². The van der Waals surface area contributed by atoms with Gasteiger partial charge in [-0.15, -0.1) is 0 Å². The number of hydrogen-bond donors (Lipinski definition) is 1. The molecule has 0 bridgehead atoms. The third-order valence-corrected chi connectivity index (χ3v) is 2.49. The molecule has 0 fully saturated rings. The van der Waals surface area contributed by atoms with E-state index in [1.165, 1.54) is 0 Å². The van der Waals surface area contributed by atoms with Crippen molar-refractivity contribution in [3.63, 3.8) is 0 Å². The standard InChI is InChI=1S/C12H14N4O/c1-8-11(12(17)15-14-8)13-9-4-6-10(7-5-9)16(2)3/h4-7H,1-3H3,(H,13,15,17). The first-order valence-electron chi connectivity index (χ1n) is 5.29. The molecule has 0 aromatic heterocycles. The van der Waals surface area contributed by atoms with Crippen molar-refractivity contribution in [3.05, 3.63) is 24.3 Å². The number of benzene rings is 1. The average molecular weight is 230 g/mol. The van der Waals surface area contributed by atoms with Crippen molar-refractivity contribution in [1.82, 2.24) is 5.43 Å². The zero-order chi connectivity index (χ0) is 12.4. The molecule has 1 N–H and O–H groups in total. The predicted molar refractivity (Wildman–Crippen MR) is 69.1 cm³/mol. The summed E-state index contributed by atoms with van der Waals surface area (Å²) in [5.74, 6) is -0.251. The highest BCUT2D eigenvalue weighted by atomic mass is 16.2. The fourth-order valence-corrected chi connectivity index (χ4v) is 1.49. The molecule has 1 aliphatic rings. The second-order valence-corrected chi connectivity index (χ2v) is 4.01. The molecule has 0 saturated carbocycles. The van der Waals surface area contributed by atoms with Crippen LogP contribution in [-0.4, -0.2) is 31.4 Å². The van der Waals surface area contributed by atoms with Gasteiger partial charge in [-0.25, -0.2) is 10.4 Å². The Morgan fingerprint density at radius 2 is 1.88 bits per heavy atom. The SMILES string of the molecule is CC1=NNC(=O)C1=Nc1ccc(N(C)C)cc1. The highest BCUT2D eigenvalue weighted by Crippen LogP contribution is 2.18. The first-order valence-corrected chi connectivity index (χ1v) is 5.29. The minimum absolute atomic E-state index is 0.251. The highest BCUT2D eigenvalue weighted by molar-refractivity contribution is 6.68. The molecule has 17 heavy (non-hydrogen) atoms. The molecule has 5 nitrogen and oxygen atoms in total.